The van der Waals surface area contributed by atoms with Crippen molar-refractivity contribution in [3.05, 3.63) is 54.9 Å². The lowest BCUT2D eigenvalue weighted by molar-refractivity contribution is 0.414. The first-order valence-corrected chi connectivity index (χ1v) is 7.60. The molecule has 0 saturated heterocycles. The van der Waals surface area contributed by atoms with Crippen molar-refractivity contribution in [3.8, 4) is 34.0 Å². The Kier molecular flexibility index (Phi) is 4.33. The molecule has 0 aliphatic carbocycles. The molecule has 0 N–H and O–H groups in total. The first kappa shape index (κ1) is 15.2. The highest BCUT2D eigenvalue weighted by molar-refractivity contribution is 5.79. The van der Waals surface area contributed by atoms with Gasteiger partial charge in [-0.15, -0.1) is 0 Å². The van der Waals surface area contributed by atoms with Gasteiger partial charge in [-0.25, -0.2) is 4.98 Å². The number of benzene rings is 2. The van der Waals surface area contributed by atoms with Crippen molar-refractivity contribution in [2.24, 2.45) is 0 Å². The Morgan fingerprint density at radius 3 is 1.83 bits per heavy atom. The summed E-state index contributed by atoms with van der Waals surface area (Å²) in [6, 6.07) is 16.1. The van der Waals surface area contributed by atoms with Crippen molar-refractivity contribution in [2.45, 2.75) is 13.5 Å². The Balaban J connectivity index is 2.08. The number of rotatable bonds is 5. The lowest BCUT2D eigenvalue weighted by Crippen LogP contribution is -1.96. The van der Waals surface area contributed by atoms with Gasteiger partial charge in [-0.1, -0.05) is 0 Å². The van der Waals surface area contributed by atoms with Gasteiger partial charge in [-0.05, 0) is 55.5 Å². The van der Waals surface area contributed by atoms with Crippen molar-refractivity contribution in [1.29, 1.82) is 0 Å². The van der Waals surface area contributed by atoms with Gasteiger partial charge in [0.25, 0.3) is 0 Å². The van der Waals surface area contributed by atoms with E-state index < -0.39 is 0 Å². The molecule has 4 nitrogen and oxygen atoms in total. The van der Waals surface area contributed by atoms with Gasteiger partial charge in [0.1, 0.15) is 11.5 Å². The molecule has 0 saturated carbocycles. The lowest BCUT2D eigenvalue weighted by atomic mass is 10.0. The maximum absolute atomic E-state index is 5.25. The molecule has 0 amide bonds. The summed E-state index contributed by atoms with van der Waals surface area (Å²) in [6.45, 7) is 2.98. The fourth-order valence-electron chi connectivity index (χ4n) is 2.63. The number of aromatic nitrogens is 2. The van der Waals surface area contributed by atoms with Crippen LogP contribution in [0.3, 0.4) is 0 Å². The minimum atomic E-state index is 0.842. The van der Waals surface area contributed by atoms with Gasteiger partial charge in [0.15, 0.2) is 0 Å². The molecule has 1 heterocycles. The molecule has 23 heavy (non-hydrogen) atoms. The molecule has 0 unspecified atom stereocenters. The summed E-state index contributed by atoms with van der Waals surface area (Å²) in [6.07, 6.45) is 1.89. The van der Waals surface area contributed by atoms with Crippen molar-refractivity contribution in [1.82, 2.24) is 9.55 Å². The van der Waals surface area contributed by atoms with E-state index in [-0.39, 0.29) is 0 Å². The van der Waals surface area contributed by atoms with Crippen LogP contribution in [0.5, 0.6) is 11.5 Å². The topological polar surface area (TPSA) is 36.3 Å². The Hall–Kier alpha value is -2.75. The maximum atomic E-state index is 5.25. The Bertz CT molecular complexity index is 774. The van der Waals surface area contributed by atoms with Crippen LogP contribution in [0.2, 0.25) is 0 Å². The quantitative estimate of drug-likeness (QED) is 0.707. The van der Waals surface area contributed by atoms with E-state index in [2.05, 4.69) is 28.6 Å². The van der Waals surface area contributed by atoms with Gasteiger partial charge >= 0.3 is 0 Å². The molecule has 0 spiro atoms. The lowest BCUT2D eigenvalue weighted by Gasteiger charge is -2.10. The van der Waals surface area contributed by atoms with Gasteiger partial charge in [-0.2, -0.15) is 0 Å². The maximum Gasteiger partial charge on any atom is 0.118 e. The summed E-state index contributed by atoms with van der Waals surface area (Å²) in [5.74, 6) is 1.69. The zero-order valence-electron chi connectivity index (χ0n) is 13.6. The van der Waals surface area contributed by atoms with Crippen LogP contribution in [-0.4, -0.2) is 23.8 Å². The van der Waals surface area contributed by atoms with E-state index in [4.69, 9.17) is 9.47 Å². The molecule has 0 radical (unpaired) electrons. The number of imidazole rings is 1. The molecule has 118 valence electrons. The van der Waals surface area contributed by atoms with Crippen LogP contribution in [0.4, 0.5) is 0 Å². The zero-order valence-corrected chi connectivity index (χ0v) is 13.6. The molecule has 2 aromatic carbocycles. The third-order valence-electron chi connectivity index (χ3n) is 3.91. The van der Waals surface area contributed by atoms with Crippen LogP contribution >= 0.6 is 0 Å². The number of hydrogen-bond donors (Lipinski definition) is 0. The summed E-state index contributed by atoms with van der Waals surface area (Å²) < 4.78 is 12.6. The highest BCUT2D eigenvalue weighted by atomic mass is 16.5. The van der Waals surface area contributed by atoms with Crippen LogP contribution in [-0.2, 0) is 6.54 Å². The number of methoxy groups -OCH3 is 2. The molecule has 1 aromatic heterocycles. The summed E-state index contributed by atoms with van der Waals surface area (Å²) in [5, 5.41) is 0. The third kappa shape index (κ3) is 2.93. The van der Waals surface area contributed by atoms with Crippen molar-refractivity contribution in [2.75, 3.05) is 14.2 Å². The fraction of sp³-hybridized carbons (Fsp3) is 0.211. The molecular weight excluding hydrogens is 288 g/mol. The summed E-state index contributed by atoms with van der Waals surface area (Å²) >= 11 is 0. The van der Waals surface area contributed by atoms with E-state index in [0.29, 0.717) is 0 Å². The molecule has 0 bridgehead atoms. The second-order valence-electron chi connectivity index (χ2n) is 5.18. The zero-order chi connectivity index (χ0) is 16.2. The monoisotopic (exact) mass is 308 g/mol. The number of nitrogens with zero attached hydrogens (tertiary/aromatic N) is 2. The second-order valence-corrected chi connectivity index (χ2v) is 5.18. The average molecular weight is 308 g/mol. The standard InChI is InChI=1S/C19H20N2O2/c1-4-21-13-20-18(14-5-9-16(22-2)10-6-14)19(21)15-7-11-17(23-3)12-8-15/h5-13H,4H2,1-3H3. The molecule has 0 fully saturated rings. The minimum absolute atomic E-state index is 0.842. The molecule has 0 atom stereocenters. The largest absolute Gasteiger partial charge is 0.497 e. The summed E-state index contributed by atoms with van der Waals surface area (Å²) in [7, 11) is 3.34. The van der Waals surface area contributed by atoms with Gasteiger partial charge in [-0.3, -0.25) is 0 Å². The highest BCUT2D eigenvalue weighted by Gasteiger charge is 2.14. The minimum Gasteiger partial charge on any atom is -0.497 e. The summed E-state index contributed by atoms with van der Waals surface area (Å²) in [4.78, 5) is 4.62. The van der Waals surface area contributed by atoms with Crippen LogP contribution < -0.4 is 9.47 Å². The second kappa shape index (κ2) is 6.57. The molecule has 3 aromatic rings. The van der Waals surface area contributed by atoms with Crippen molar-refractivity contribution >= 4 is 0 Å². The Morgan fingerprint density at radius 2 is 1.35 bits per heavy atom. The number of aryl methyl sites for hydroxylation is 1. The van der Waals surface area contributed by atoms with Crippen LogP contribution in [0.25, 0.3) is 22.5 Å². The van der Waals surface area contributed by atoms with Gasteiger partial charge in [0, 0.05) is 17.7 Å². The van der Waals surface area contributed by atoms with Crippen LogP contribution in [0.15, 0.2) is 54.9 Å². The van der Waals surface area contributed by atoms with Gasteiger partial charge in [0.05, 0.1) is 31.9 Å². The predicted molar refractivity (Wildman–Crippen MR) is 91.9 cm³/mol. The smallest absolute Gasteiger partial charge is 0.118 e. The molecule has 0 aliphatic rings. The van der Waals surface area contributed by atoms with E-state index in [1.165, 1.54) is 0 Å². The first-order chi connectivity index (χ1) is 11.3. The SMILES string of the molecule is CCn1cnc(-c2ccc(OC)cc2)c1-c1ccc(OC)cc1. The van der Waals surface area contributed by atoms with Gasteiger partial charge in [0.2, 0.25) is 0 Å². The normalized spacial score (nSPS) is 10.6. The predicted octanol–water partition coefficient (Wildman–Crippen LogP) is 4.25. The molecule has 4 heteroatoms. The molecular formula is C19H20N2O2. The van der Waals surface area contributed by atoms with Crippen LogP contribution in [0, 0.1) is 0 Å². The van der Waals surface area contributed by atoms with E-state index in [0.717, 1.165) is 40.6 Å². The Labute approximate surface area is 136 Å². The van der Waals surface area contributed by atoms with E-state index in [9.17, 15) is 0 Å². The van der Waals surface area contributed by atoms with Crippen molar-refractivity contribution < 1.29 is 9.47 Å². The van der Waals surface area contributed by atoms with Gasteiger partial charge < -0.3 is 14.0 Å². The highest BCUT2D eigenvalue weighted by Crippen LogP contribution is 2.32. The number of ether oxygens (including phenoxy) is 2. The van der Waals surface area contributed by atoms with Crippen LogP contribution in [0.1, 0.15) is 6.92 Å². The third-order valence-corrected chi connectivity index (χ3v) is 3.91. The van der Waals surface area contributed by atoms with E-state index in [1.807, 2.05) is 42.7 Å². The molecule has 3 rings (SSSR count). The first-order valence-electron chi connectivity index (χ1n) is 7.60. The molecule has 0 aliphatic heterocycles. The fourth-order valence-corrected chi connectivity index (χ4v) is 2.63. The number of hydrogen-bond acceptors (Lipinski definition) is 3. The van der Waals surface area contributed by atoms with E-state index in [1.54, 1.807) is 14.2 Å². The van der Waals surface area contributed by atoms with E-state index >= 15 is 0 Å². The van der Waals surface area contributed by atoms with Crippen molar-refractivity contribution in [3.63, 3.8) is 0 Å². The Morgan fingerprint density at radius 1 is 0.826 bits per heavy atom. The summed E-state index contributed by atoms with van der Waals surface area (Å²) in [5.41, 5.74) is 4.28. The average Bonchev–Trinajstić information content (AvgIpc) is 3.06.